The summed E-state index contributed by atoms with van der Waals surface area (Å²) < 4.78 is 27.0. The van der Waals surface area contributed by atoms with Crippen LogP contribution in [0.4, 0.5) is 23.1 Å². The highest BCUT2D eigenvalue weighted by atomic mass is 35.5. The van der Waals surface area contributed by atoms with E-state index in [-0.39, 0.29) is 33.0 Å². The lowest BCUT2D eigenvalue weighted by Gasteiger charge is -2.27. The zero-order valence-electron chi connectivity index (χ0n) is 19.5. The van der Waals surface area contributed by atoms with Crippen molar-refractivity contribution in [2.75, 3.05) is 30.0 Å². The molecule has 0 unspecified atom stereocenters. The molecule has 0 atom stereocenters. The highest BCUT2D eigenvalue weighted by Gasteiger charge is 2.21. The number of anilines is 4. The molecular formula is C23H27ClN6O3S. The molecule has 0 saturated heterocycles. The summed E-state index contributed by atoms with van der Waals surface area (Å²) in [6.45, 7) is 4.99. The van der Waals surface area contributed by atoms with Crippen molar-refractivity contribution < 1.29 is 8.42 Å². The number of hydrogen-bond acceptors (Lipinski definition) is 8. The molecule has 11 heteroatoms. The van der Waals surface area contributed by atoms with Crippen LogP contribution < -0.4 is 16.2 Å². The average Bonchev–Trinajstić information content (AvgIpc) is 2.79. The van der Waals surface area contributed by atoms with Gasteiger partial charge in [-0.3, -0.25) is 4.79 Å². The molecule has 9 nitrogen and oxygen atoms in total. The molecule has 0 bridgehead atoms. The van der Waals surface area contributed by atoms with E-state index in [2.05, 4.69) is 25.5 Å². The topological polar surface area (TPSA) is 109 Å². The van der Waals surface area contributed by atoms with Crippen LogP contribution in [0.1, 0.15) is 23.7 Å². The van der Waals surface area contributed by atoms with E-state index in [0.717, 1.165) is 30.8 Å². The summed E-state index contributed by atoms with van der Waals surface area (Å²) in [7, 11) is 0.318. The highest BCUT2D eigenvalue weighted by Crippen LogP contribution is 2.31. The van der Waals surface area contributed by atoms with Crippen molar-refractivity contribution in [3.63, 3.8) is 0 Å². The van der Waals surface area contributed by atoms with Crippen LogP contribution in [0, 0.1) is 6.92 Å². The number of pyridine rings is 1. The average molecular weight is 503 g/mol. The van der Waals surface area contributed by atoms with Crippen molar-refractivity contribution in [2.45, 2.75) is 31.7 Å². The molecule has 0 saturated carbocycles. The van der Waals surface area contributed by atoms with Gasteiger partial charge in [0, 0.05) is 32.3 Å². The number of benzene rings is 1. The van der Waals surface area contributed by atoms with Crippen molar-refractivity contribution in [2.24, 2.45) is 7.05 Å². The molecule has 2 aromatic heterocycles. The maximum Gasteiger partial charge on any atom is 0.274 e. The maximum atomic E-state index is 12.9. The second-order valence-corrected chi connectivity index (χ2v) is 11.0. The maximum absolute atomic E-state index is 12.9. The van der Waals surface area contributed by atoms with Gasteiger partial charge in [-0.25, -0.2) is 13.4 Å². The Kier molecular flexibility index (Phi) is 6.66. The number of aryl methyl sites for hydroxylation is 1. The lowest BCUT2D eigenvalue weighted by Crippen LogP contribution is -2.33. The van der Waals surface area contributed by atoms with Gasteiger partial charge in [-0.15, -0.1) is 0 Å². The van der Waals surface area contributed by atoms with Crippen LogP contribution in [0.5, 0.6) is 0 Å². The van der Waals surface area contributed by atoms with E-state index in [1.165, 1.54) is 6.20 Å². The Balaban J connectivity index is 1.69. The summed E-state index contributed by atoms with van der Waals surface area (Å²) in [5.74, 6) is 0.362. The minimum atomic E-state index is -3.49. The van der Waals surface area contributed by atoms with Crippen LogP contribution in [0.2, 0.25) is 5.02 Å². The van der Waals surface area contributed by atoms with Gasteiger partial charge in [-0.05, 0) is 37.2 Å². The SMILES string of the molecule is CCS(=O)(=O)c1c(C)cccc1Nc1nc(Nc2cc3c(n(C)c2=O)CCN(C)C3)ncc1Cl. The van der Waals surface area contributed by atoms with E-state index >= 15 is 0 Å². The van der Waals surface area contributed by atoms with Crippen LogP contribution in [0.3, 0.4) is 0 Å². The predicted molar refractivity (Wildman–Crippen MR) is 134 cm³/mol. The molecule has 1 aromatic carbocycles. The number of likely N-dealkylation sites (N-methyl/N-ethyl adjacent to an activating group) is 1. The van der Waals surface area contributed by atoms with Crippen LogP contribution >= 0.6 is 11.6 Å². The first-order valence-corrected chi connectivity index (χ1v) is 12.9. The number of halogens is 1. The summed E-state index contributed by atoms with van der Waals surface area (Å²) in [6.07, 6.45) is 2.21. The zero-order chi connectivity index (χ0) is 24.6. The number of sulfone groups is 1. The molecule has 0 aliphatic carbocycles. The van der Waals surface area contributed by atoms with Crippen molar-refractivity contribution in [3.8, 4) is 0 Å². The first-order valence-electron chi connectivity index (χ1n) is 10.9. The van der Waals surface area contributed by atoms with E-state index < -0.39 is 9.84 Å². The second kappa shape index (κ2) is 9.36. The minimum absolute atomic E-state index is 0.0341. The van der Waals surface area contributed by atoms with Crippen LogP contribution in [-0.4, -0.2) is 47.2 Å². The van der Waals surface area contributed by atoms with E-state index in [9.17, 15) is 13.2 Å². The Morgan fingerprint density at radius 2 is 1.94 bits per heavy atom. The van der Waals surface area contributed by atoms with Gasteiger partial charge in [0.1, 0.15) is 10.7 Å². The summed E-state index contributed by atoms with van der Waals surface area (Å²) in [4.78, 5) is 23.9. The van der Waals surface area contributed by atoms with Crippen LogP contribution in [0.25, 0.3) is 0 Å². The second-order valence-electron chi connectivity index (χ2n) is 8.38. The first kappa shape index (κ1) is 24.2. The third-order valence-electron chi connectivity index (χ3n) is 5.95. The fraction of sp³-hybridized carbons (Fsp3) is 0.348. The number of nitrogens with one attached hydrogen (secondary N) is 2. The van der Waals surface area contributed by atoms with E-state index in [1.54, 1.807) is 43.7 Å². The van der Waals surface area contributed by atoms with Crippen LogP contribution in [-0.2, 0) is 29.9 Å². The molecule has 1 aliphatic heterocycles. The smallest absolute Gasteiger partial charge is 0.274 e. The summed E-state index contributed by atoms with van der Waals surface area (Å²) >= 11 is 6.32. The van der Waals surface area contributed by atoms with Gasteiger partial charge in [0.05, 0.1) is 22.5 Å². The molecule has 3 heterocycles. The Morgan fingerprint density at radius 3 is 2.68 bits per heavy atom. The van der Waals surface area contributed by atoms with Crippen molar-refractivity contribution in [1.29, 1.82) is 0 Å². The number of rotatable bonds is 6. The lowest BCUT2D eigenvalue weighted by molar-refractivity contribution is 0.306. The zero-order valence-corrected chi connectivity index (χ0v) is 21.1. The van der Waals surface area contributed by atoms with Crippen LogP contribution in [0.15, 0.2) is 40.2 Å². The normalized spacial score (nSPS) is 14.0. The number of nitrogens with zero attached hydrogens (tertiary/aromatic N) is 4. The van der Waals surface area contributed by atoms with Gasteiger partial charge >= 0.3 is 0 Å². The van der Waals surface area contributed by atoms with Crippen molar-refractivity contribution in [3.05, 3.63) is 62.7 Å². The molecule has 0 amide bonds. The number of hydrogen-bond donors (Lipinski definition) is 2. The highest BCUT2D eigenvalue weighted by molar-refractivity contribution is 7.91. The van der Waals surface area contributed by atoms with Gasteiger partial charge in [-0.2, -0.15) is 4.98 Å². The Morgan fingerprint density at radius 1 is 1.18 bits per heavy atom. The van der Waals surface area contributed by atoms with Crippen molar-refractivity contribution in [1.82, 2.24) is 19.4 Å². The predicted octanol–water partition coefficient (Wildman–Crippen LogP) is 3.41. The molecule has 2 N–H and O–H groups in total. The van der Waals surface area contributed by atoms with E-state index in [0.29, 0.717) is 16.9 Å². The molecule has 1 aliphatic rings. The molecular weight excluding hydrogens is 476 g/mol. The molecule has 4 rings (SSSR count). The molecule has 0 spiro atoms. The summed E-state index contributed by atoms with van der Waals surface area (Å²) in [5, 5.41) is 6.26. The van der Waals surface area contributed by atoms with E-state index in [4.69, 9.17) is 11.6 Å². The fourth-order valence-corrected chi connectivity index (χ4v) is 5.57. The van der Waals surface area contributed by atoms with Gasteiger partial charge in [0.25, 0.3) is 5.56 Å². The largest absolute Gasteiger partial charge is 0.338 e. The Labute approximate surface area is 203 Å². The third-order valence-corrected chi connectivity index (χ3v) is 8.15. The molecule has 180 valence electrons. The molecule has 34 heavy (non-hydrogen) atoms. The lowest BCUT2D eigenvalue weighted by atomic mass is 10.1. The Bertz CT molecular complexity index is 1420. The fourth-order valence-electron chi connectivity index (χ4n) is 4.13. The monoisotopic (exact) mass is 502 g/mol. The van der Waals surface area contributed by atoms with Crippen molar-refractivity contribution >= 4 is 44.6 Å². The summed E-state index contributed by atoms with van der Waals surface area (Å²) in [5.41, 5.74) is 3.28. The standard InChI is InChI=1S/C23H27ClN6O3S/c1-5-34(32,33)20-14(2)7-6-8-17(20)26-21-16(24)12-25-23(28-21)27-18-11-15-13-29(3)10-9-19(15)30(4)22(18)31/h6-8,11-12H,5,9-10,13H2,1-4H3,(H2,25,26,27,28). The van der Waals surface area contributed by atoms with Gasteiger partial charge in [0.15, 0.2) is 15.7 Å². The van der Waals surface area contributed by atoms with Gasteiger partial charge in [-0.1, -0.05) is 30.7 Å². The number of aromatic nitrogens is 3. The minimum Gasteiger partial charge on any atom is -0.338 e. The summed E-state index contributed by atoms with van der Waals surface area (Å²) in [6, 6.07) is 7.00. The molecule has 0 fully saturated rings. The van der Waals surface area contributed by atoms with E-state index in [1.807, 2.05) is 13.1 Å². The Hall–Kier alpha value is -2.95. The third kappa shape index (κ3) is 4.66. The van der Waals surface area contributed by atoms with Gasteiger partial charge in [0.2, 0.25) is 5.95 Å². The first-order chi connectivity index (χ1) is 16.1. The quantitative estimate of drug-likeness (QED) is 0.527. The number of fused-ring (bicyclic) bond motifs is 1. The van der Waals surface area contributed by atoms with Gasteiger partial charge < -0.3 is 20.1 Å². The molecule has 0 radical (unpaired) electrons. The molecule has 3 aromatic rings.